The van der Waals surface area contributed by atoms with E-state index in [1.54, 1.807) is 7.11 Å². The van der Waals surface area contributed by atoms with Crippen molar-refractivity contribution in [1.29, 1.82) is 0 Å². The molecule has 0 radical (unpaired) electrons. The number of hydrogen-bond donors (Lipinski definition) is 1. The van der Waals surface area contributed by atoms with Crippen LogP contribution in [0.3, 0.4) is 0 Å². The minimum Gasteiger partial charge on any atom is -0.497 e. The van der Waals surface area contributed by atoms with Gasteiger partial charge >= 0.3 is 0 Å². The molecule has 2 aromatic carbocycles. The third-order valence-corrected chi connectivity index (χ3v) is 4.58. The summed E-state index contributed by atoms with van der Waals surface area (Å²) in [5, 5.41) is 3.10. The normalized spacial score (nSPS) is 15.7. The highest BCUT2D eigenvalue weighted by atomic mass is 16.5. The molecule has 0 bridgehead atoms. The Morgan fingerprint density at radius 2 is 1.77 bits per heavy atom. The summed E-state index contributed by atoms with van der Waals surface area (Å²) in [6, 6.07) is 17.9. The lowest BCUT2D eigenvalue weighted by Gasteiger charge is -2.40. The summed E-state index contributed by atoms with van der Waals surface area (Å²) < 4.78 is 5.15. The molecule has 3 heteroatoms. The second-order valence-electron chi connectivity index (χ2n) is 5.83. The number of hydrogen-bond acceptors (Lipinski definition) is 2. The van der Waals surface area contributed by atoms with Crippen LogP contribution in [0.15, 0.2) is 54.6 Å². The second kappa shape index (κ2) is 6.22. The maximum atomic E-state index is 12.7. The molecule has 1 aliphatic rings. The first kappa shape index (κ1) is 14.6. The standard InChI is InChI=1S/C19H21NO2/c1-22-17-10-8-15(9-11-17)14-20-18(21)19(12-5-13-19)16-6-3-2-4-7-16/h2-4,6-11H,5,12-14H2,1H3,(H,20,21). The van der Waals surface area contributed by atoms with E-state index in [0.717, 1.165) is 36.1 Å². The fourth-order valence-electron chi connectivity index (χ4n) is 3.03. The third-order valence-electron chi connectivity index (χ3n) is 4.58. The van der Waals surface area contributed by atoms with Crippen LogP contribution in [0.4, 0.5) is 0 Å². The van der Waals surface area contributed by atoms with Gasteiger partial charge in [0.1, 0.15) is 5.75 Å². The number of amides is 1. The third kappa shape index (κ3) is 2.71. The number of carbonyl (C=O) groups is 1. The minimum absolute atomic E-state index is 0.140. The van der Waals surface area contributed by atoms with Crippen LogP contribution in [0, 0.1) is 0 Å². The van der Waals surface area contributed by atoms with Crippen molar-refractivity contribution in [2.75, 3.05) is 7.11 Å². The van der Waals surface area contributed by atoms with Crippen molar-refractivity contribution >= 4 is 5.91 Å². The Morgan fingerprint density at radius 1 is 1.09 bits per heavy atom. The molecular formula is C19H21NO2. The molecule has 3 rings (SSSR count). The molecule has 3 nitrogen and oxygen atoms in total. The van der Waals surface area contributed by atoms with Gasteiger partial charge in [-0.2, -0.15) is 0 Å². The van der Waals surface area contributed by atoms with Crippen molar-refractivity contribution < 1.29 is 9.53 Å². The molecule has 2 aromatic rings. The molecule has 1 fully saturated rings. The minimum atomic E-state index is -0.326. The zero-order valence-corrected chi connectivity index (χ0v) is 12.8. The number of benzene rings is 2. The Balaban J connectivity index is 1.68. The number of ether oxygens (including phenoxy) is 1. The van der Waals surface area contributed by atoms with Crippen LogP contribution < -0.4 is 10.1 Å². The number of methoxy groups -OCH3 is 1. The first-order valence-corrected chi connectivity index (χ1v) is 7.71. The van der Waals surface area contributed by atoms with Crippen LogP contribution in [0.1, 0.15) is 30.4 Å². The van der Waals surface area contributed by atoms with Crippen LogP contribution in [0.5, 0.6) is 5.75 Å². The van der Waals surface area contributed by atoms with Crippen molar-refractivity contribution in [2.24, 2.45) is 0 Å². The molecule has 0 heterocycles. The SMILES string of the molecule is COc1ccc(CNC(=O)C2(c3ccccc3)CCC2)cc1. The van der Waals surface area contributed by atoms with Crippen molar-refractivity contribution in [2.45, 2.75) is 31.2 Å². The Bertz CT molecular complexity index is 630. The monoisotopic (exact) mass is 295 g/mol. The maximum Gasteiger partial charge on any atom is 0.230 e. The summed E-state index contributed by atoms with van der Waals surface area (Å²) in [6.07, 6.45) is 2.99. The molecule has 0 aliphatic heterocycles. The molecule has 22 heavy (non-hydrogen) atoms. The largest absolute Gasteiger partial charge is 0.497 e. The molecule has 1 N–H and O–H groups in total. The summed E-state index contributed by atoms with van der Waals surface area (Å²) in [5.41, 5.74) is 1.89. The predicted molar refractivity (Wildman–Crippen MR) is 86.8 cm³/mol. The first-order valence-electron chi connectivity index (χ1n) is 7.71. The Labute approximate surface area is 131 Å². The van der Waals surface area contributed by atoms with Gasteiger partial charge in [0.25, 0.3) is 0 Å². The zero-order chi connectivity index (χ0) is 15.4. The molecule has 0 aromatic heterocycles. The van der Waals surface area contributed by atoms with Gasteiger partial charge in [0.15, 0.2) is 0 Å². The van der Waals surface area contributed by atoms with E-state index in [1.165, 1.54) is 0 Å². The van der Waals surface area contributed by atoms with Gasteiger partial charge in [-0.1, -0.05) is 48.9 Å². The van der Waals surface area contributed by atoms with E-state index in [4.69, 9.17) is 4.74 Å². The van der Waals surface area contributed by atoms with Crippen LogP contribution in [-0.2, 0) is 16.8 Å². The van der Waals surface area contributed by atoms with Gasteiger partial charge < -0.3 is 10.1 Å². The number of rotatable bonds is 5. The summed E-state index contributed by atoms with van der Waals surface area (Å²) in [5.74, 6) is 0.968. The fraction of sp³-hybridized carbons (Fsp3) is 0.316. The van der Waals surface area contributed by atoms with E-state index in [-0.39, 0.29) is 11.3 Å². The molecule has 0 spiro atoms. The summed E-state index contributed by atoms with van der Waals surface area (Å²) >= 11 is 0. The van der Waals surface area contributed by atoms with E-state index < -0.39 is 0 Å². The predicted octanol–water partition coefficient (Wildman–Crippen LogP) is 3.43. The van der Waals surface area contributed by atoms with Crippen molar-refractivity contribution in [3.63, 3.8) is 0 Å². The lowest BCUT2D eigenvalue weighted by molar-refractivity contribution is -0.130. The smallest absolute Gasteiger partial charge is 0.230 e. The van der Waals surface area contributed by atoms with E-state index >= 15 is 0 Å². The van der Waals surface area contributed by atoms with E-state index in [0.29, 0.717) is 6.54 Å². The van der Waals surface area contributed by atoms with Crippen LogP contribution in [0.2, 0.25) is 0 Å². The topological polar surface area (TPSA) is 38.3 Å². The zero-order valence-electron chi connectivity index (χ0n) is 12.8. The second-order valence-corrected chi connectivity index (χ2v) is 5.83. The van der Waals surface area contributed by atoms with Crippen LogP contribution >= 0.6 is 0 Å². The Kier molecular flexibility index (Phi) is 4.14. The molecular weight excluding hydrogens is 274 g/mol. The highest BCUT2D eigenvalue weighted by Gasteiger charge is 2.45. The van der Waals surface area contributed by atoms with Gasteiger partial charge in [0, 0.05) is 6.54 Å². The molecule has 0 saturated heterocycles. The molecule has 1 amide bonds. The summed E-state index contributed by atoms with van der Waals surface area (Å²) in [6.45, 7) is 0.553. The summed E-state index contributed by atoms with van der Waals surface area (Å²) in [7, 11) is 1.65. The quantitative estimate of drug-likeness (QED) is 0.917. The molecule has 0 atom stereocenters. The number of carbonyl (C=O) groups excluding carboxylic acids is 1. The van der Waals surface area contributed by atoms with Gasteiger partial charge in [-0.3, -0.25) is 4.79 Å². The average Bonchev–Trinajstić information content (AvgIpc) is 2.53. The van der Waals surface area contributed by atoms with Crippen molar-refractivity contribution in [3.05, 3.63) is 65.7 Å². The fourth-order valence-corrected chi connectivity index (χ4v) is 3.03. The lowest BCUT2D eigenvalue weighted by atomic mass is 9.64. The van der Waals surface area contributed by atoms with Crippen LogP contribution in [-0.4, -0.2) is 13.0 Å². The lowest BCUT2D eigenvalue weighted by Crippen LogP contribution is -2.48. The molecule has 1 saturated carbocycles. The van der Waals surface area contributed by atoms with E-state index in [1.807, 2.05) is 42.5 Å². The highest BCUT2D eigenvalue weighted by Crippen LogP contribution is 2.43. The maximum absolute atomic E-state index is 12.7. The Hall–Kier alpha value is -2.29. The van der Waals surface area contributed by atoms with Crippen LogP contribution in [0.25, 0.3) is 0 Å². The van der Waals surface area contributed by atoms with Crippen molar-refractivity contribution in [1.82, 2.24) is 5.32 Å². The highest BCUT2D eigenvalue weighted by molar-refractivity contribution is 5.89. The molecule has 114 valence electrons. The molecule has 1 aliphatic carbocycles. The van der Waals surface area contributed by atoms with Gasteiger partial charge in [-0.15, -0.1) is 0 Å². The average molecular weight is 295 g/mol. The first-order chi connectivity index (χ1) is 10.7. The van der Waals surface area contributed by atoms with E-state index in [2.05, 4.69) is 17.4 Å². The number of nitrogens with one attached hydrogen (secondary N) is 1. The summed E-state index contributed by atoms with van der Waals surface area (Å²) in [4.78, 5) is 12.7. The Morgan fingerprint density at radius 3 is 2.32 bits per heavy atom. The van der Waals surface area contributed by atoms with E-state index in [9.17, 15) is 4.79 Å². The van der Waals surface area contributed by atoms with Gasteiger partial charge in [-0.05, 0) is 36.1 Å². The van der Waals surface area contributed by atoms with Gasteiger partial charge in [-0.25, -0.2) is 0 Å². The van der Waals surface area contributed by atoms with Gasteiger partial charge in [0.05, 0.1) is 12.5 Å². The van der Waals surface area contributed by atoms with Crippen molar-refractivity contribution in [3.8, 4) is 5.75 Å². The molecule has 0 unspecified atom stereocenters. The van der Waals surface area contributed by atoms with Gasteiger partial charge in [0.2, 0.25) is 5.91 Å².